The number of amidine groups is 1. The minimum absolute atomic E-state index is 0.0955. The predicted molar refractivity (Wildman–Crippen MR) is 122 cm³/mol. The zero-order valence-electron chi connectivity index (χ0n) is 16.9. The van der Waals surface area contributed by atoms with Crippen molar-refractivity contribution in [2.75, 3.05) is 11.6 Å². The molecule has 3 rings (SSSR count). The maximum Gasteiger partial charge on any atom is 0.336 e. The summed E-state index contributed by atoms with van der Waals surface area (Å²) >= 11 is 0. The molecular weight excluding hydrogens is 434 g/mol. The number of carboxylic acid groups (broad SMARTS) is 1. The van der Waals surface area contributed by atoms with Crippen molar-refractivity contribution in [3.8, 4) is 11.1 Å². The summed E-state index contributed by atoms with van der Waals surface area (Å²) in [6.45, 7) is 0. The van der Waals surface area contributed by atoms with Gasteiger partial charge in [0.15, 0.2) is 0 Å². The van der Waals surface area contributed by atoms with Crippen molar-refractivity contribution in [3.05, 3.63) is 89.5 Å². The topological polar surface area (TPSA) is 171 Å². The van der Waals surface area contributed by atoms with Crippen molar-refractivity contribution in [3.63, 3.8) is 0 Å². The number of aromatic carboxylic acids is 1. The second kappa shape index (κ2) is 10.3. The van der Waals surface area contributed by atoms with Gasteiger partial charge in [-0.3, -0.25) is 14.8 Å². The molecule has 0 radical (unpaired) electrons. The number of amides is 1. The lowest BCUT2D eigenvalue weighted by Gasteiger charge is -2.13. The first-order chi connectivity index (χ1) is 15.0. The third-order valence-electron chi connectivity index (χ3n) is 4.05. The van der Waals surface area contributed by atoms with E-state index in [-0.39, 0.29) is 17.3 Å². The molecule has 10 heteroatoms. The molecule has 3 aromatic rings. The molecule has 6 N–H and O–H groups in total. The third-order valence-corrected chi connectivity index (χ3v) is 4.05. The van der Waals surface area contributed by atoms with Crippen molar-refractivity contribution in [2.45, 2.75) is 0 Å². The van der Waals surface area contributed by atoms with Gasteiger partial charge in [0.25, 0.3) is 16.0 Å². The molecule has 0 spiro atoms. The van der Waals surface area contributed by atoms with E-state index in [1.54, 1.807) is 66.7 Å². The number of anilines is 1. The number of nitrogens with one attached hydrogen (secondary N) is 2. The Morgan fingerprint density at radius 1 is 0.906 bits per heavy atom. The number of rotatable bonds is 5. The van der Waals surface area contributed by atoms with Crippen LogP contribution in [0.15, 0.2) is 72.8 Å². The summed E-state index contributed by atoms with van der Waals surface area (Å²) in [5, 5.41) is 19.7. The van der Waals surface area contributed by atoms with Gasteiger partial charge >= 0.3 is 5.97 Å². The second-order valence-corrected chi connectivity index (χ2v) is 8.04. The monoisotopic (exact) mass is 455 g/mol. The Balaban J connectivity index is 0.000000654. The van der Waals surface area contributed by atoms with Crippen LogP contribution in [0.25, 0.3) is 11.1 Å². The van der Waals surface area contributed by atoms with Gasteiger partial charge in [-0.15, -0.1) is 0 Å². The molecule has 0 bridgehead atoms. The van der Waals surface area contributed by atoms with Crippen molar-refractivity contribution >= 4 is 33.5 Å². The molecule has 0 heterocycles. The number of hydrogen-bond acceptors (Lipinski definition) is 5. The average molecular weight is 455 g/mol. The van der Waals surface area contributed by atoms with Gasteiger partial charge in [0, 0.05) is 16.8 Å². The van der Waals surface area contributed by atoms with Gasteiger partial charge in [-0.2, -0.15) is 8.42 Å². The van der Waals surface area contributed by atoms with Crippen molar-refractivity contribution in [1.29, 1.82) is 5.41 Å². The molecule has 0 aliphatic carbocycles. The minimum Gasteiger partial charge on any atom is -0.478 e. The SMILES string of the molecule is CS(=O)(=O)O.N=C(N)c1cccc(NC(=O)c2ccccc2-c2ccccc2C(=O)O)c1. The van der Waals surface area contributed by atoms with Crippen LogP contribution in [0.5, 0.6) is 0 Å². The van der Waals surface area contributed by atoms with Crippen molar-refractivity contribution < 1.29 is 27.7 Å². The fourth-order valence-corrected chi connectivity index (χ4v) is 2.78. The summed E-state index contributed by atoms with van der Waals surface area (Å²) in [6, 6.07) is 20.0. The lowest BCUT2D eigenvalue weighted by Crippen LogP contribution is -2.15. The van der Waals surface area contributed by atoms with Crippen molar-refractivity contribution in [2.24, 2.45) is 5.73 Å². The summed E-state index contributed by atoms with van der Waals surface area (Å²) in [5.74, 6) is -1.54. The fraction of sp³-hybridized carbons (Fsp3) is 0.0455. The Kier molecular flexibility index (Phi) is 7.83. The number of benzene rings is 3. The van der Waals surface area contributed by atoms with E-state index >= 15 is 0 Å². The maximum atomic E-state index is 12.8. The smallest absolute Gasteiger partial charge is 0.336 e. The standard InChI is InChI=1S/C21H17N3O3.CH4O3S/c22-19(23)13-6-5-7-14(12-13)24-20(25)17-10-3-1-8-15(17)16-9-2-4-11-18(16)21(26)27;1-5(2,3)4/h1-12H,(H3,22,23)(H,24,25)(H,26,27);1H3,(H,2,3,4). The van der Waals surface area contributed by atoms with Crippen LogP contribution in [0, 0.1) is 5.41 Å². The summed E-state index contributed by atoms with van der Waals surface area (Å²) in [7, 11) is -3.67. The van der Waals surface area contributed by atoms with Crippen LogP contribution in [0.3, 0.4) is 0 Å². The highest BCUT2D eigenvalue weighted by Gasteiger charge is 2.17. The molecule has 0 saturated heterocycles. The van der Waals surface area contributed by atoms with E-state index in [1.165, 1.54) is 6.07 Å². The fourth-order valence-electron chi connectivity index (χ4n) is 2.78. The largest absolute Gasteiger partial charge is 0.478 e. The second-order valence-electron chi connectivity index (χ2n) is 6.58. The van der Waals surface area contributed by atoms with Crippen LogP contribution in [-0.2, 0) is 10.1 Å². The van der Waals surface area contributed by atoms with Crippen LogP contribution in [0.1, 0.15) is 26.3 Å². The van der Waals surface area contributed by atoms with Crippen molar-refractivity contribution in [1.82, 2.24) is 0 Å². The predicted octanol–water partition coefficient (Wildman–Crippen LogP) is 3.09. The molecule has 0 aromatic heterocycles. The lowest BCUT2D eigenvalue weighted by atomic mass is 9.95. The van der Waals surface area contributed by atoms with Crippen LogP contribution < -0.4 is 11.1 Å². The van der Waals surface area contributed by atoms with Crippen LogP contribution in [0.4, 0.5) is 5.69 Å². The Bertz CT molecular complexity index is 1260. The summed E-state index contributed by atoms with van der Waals surface area (Å²) in [6.07, 6.45) is 0.715. The maximum absolute atomic E-state index is 12.8. The van der Waals surface area contributed by atoms with E-state index in [0.717, 1.165) is 0 Å². The number of nitrogens with two attached hydrogens (primary N) is 1. The van der Waals surface area contributed by atoms with Gasteiger partial charge in [-0.1, -0.05) is 48.5 Å². The molecule has 0 unspecified atom stereocenters. The van der Waals surface area contributed by atoms with Gasteiger partial charge in [0.05, 0.1) is 11.8 Å². The third kappa shape index (κ3) is 7.04. The van der Waals surface area contributed by atoms with E-state index in [1.807, 2.05) is 0 Å². The molecule has 1 amide bonds. The van der Waals surface area contributed by atoms with Crippen LogP contribution in [-0.4, -0.2) is 42.0 Å². The highest BCUT2D eigenvalue weighted by molar-refractivity contribution is 7.85. The molecule has 0 aliphatic heterocycles. The Morgan fingerprint density at radius 3 is 1.94 bits per heavy atom. The van der Waals surface area contributed by atoms with E-state index in [2.05, 4.69) is 5.32 Å². The molecule has 0 atom stereocenters. The first-order valence-electron chi connectivity index (χ1n) is 9.07. The van der Waals surface area contributed by atoms with E-state index in [4.69, 9.17) is 15.7 Å². The molecule has 0 saturated carbocycles. The van der Waals surface area contributed by atoms with Crippen LogP contribution in [0.2, 0.25) is 0 Å². The van der Waals surface area contributed by atoms with E-state index in [0.29, 0.717) is 34.2 Å². The zero-order valence-corrected chi connectivity index (χ0v) is 17.8. The molecule has 166 valence electrons. The van der Waals surface area contributed by atoms with Gasteiger partial charge in [0.1, 0.15) is 5.84 Å². The number of nitrogen functional groups attached to an aromatic ring is 1. The number of carboxylic acids is 1. The van der Waals surface area contributed by atoms with Gasteiger partial charge in [-0.05, 0) is 35.4 Å². The molecule has 3 aromatic carbocycles. The lowest BCUT2D eigenvalue weighted by molar-refractivity contribution is 0.0697. The highest BCUT2D eigenvalue weighted by atomic mass is 32.2. The minimum atomic E-state index is -3.67. The zero-order chi connectivity index (χ0) is 23.9. The van der Waals surface area contributed by atoms with Gasteiger partial charge in [0.2, 0.25) is 0 Å². The van der Waals surface area contributed by atoms with Gasteiger partial charge in [-0.25, -0.2) is 4.79 Å². The molecule has 0 aliphatic rings. The molecule has 9 nitrogen and oxygen atoms in total. The molecule has 0 fully saturated rings. The summed E-state index contributed by atoms with van der Waals surface area (Å²) in [4.78, 5) is 24.4. The normalized spacial score (nSPS) is 10.4. The Hall–Kier alpha value is -4.02. The number of hydrogen-bond donors (Lipinski definition) is 5. The number of carbonyl (C=O) groups is 2. The first kappa shape index (κ1) is 24.3. The number of carbonyl (C=O) groups excluding carboxylic acids is 1. The Morgan fingerprint density at radius 2 is 1.41 bits per heavy atom. The average Bonchev–Trinajstić information content (AvgIpc) is 2.72. The summed E-state index contributed by atoms with van der Waals surface area (Å²) in [5.41, 5.74) is 7.93. The Labute approximate surface area is 184 Å². The first-order valence-corrected chi connectivity index (χ1v) is 10.9. The summed E-state index contributed by atoms with van der Waals surface area (Å²) < 4.78 is 25.9. The molecule has 32 heavy (non-hydrogen) atoms. The van der Waals surface area contributed by atoms with Crippen LogP contribution >= 0.6 is 0 Å². The molecular formula is C22H21N3O6S. The quantitative estimate of drug-likeness (QED) is 0.223. The highest BCUT2D eigenvalue weighted by Crippen LogP contribution is 2.28. The van der Waals surface area contributed by atoms with E-state index in [9.17, 15) is 23.1 Å². The van der Waals surface area contributed by atoms with E-state index < -0.39 is 16.1 Å². The van der Waals surface area contributed by atoms with Gasteiger partial charge < -0.3 is 16.2 Å².